The maximum atomic E-state index is 12.9. The maximum absolute atomic E-state index is 12.9. The number of H-pyrrole nitrogens is 1. The molecule has 0 radical (unpaired) electrons. The molecule has 1 heterocycles. The van der Waals surface area contributed by atoms with Crippen molar-refractivity contribution in [3.8, 4) is 5.88 Å². The minimum atomic E-state index is -3.85. The molecule has 114 valence electrons. The quantitative estimate of drug-likeness (QED) is 0.744. The number of hydrogen-bond acceptors (Lipinski definition) is 3. The van der Waals surface area contributed by atoms with Crippen molar-refractivity contribution < 1.29 is 13.5 Å². The highest BCUT2D eigenvalue weighted by atomic mass is 35.5. The van der Waals surface area contributed by atoms with Crippen LogP contribution in [0.25, 0.3) is 10.9 Å². The number of aromatic nitrogens is 1. The molecule has 0 spiro atoms. The molecule has 0 saturated carbocycles. The molecule has 0 unspecified atom stereocenters. The van der Waals surface area contributed by atoms with Crippen LogP contribution in [0, 0.1) is 13.8 Å². The number of sulfone groups is 1. The van der Waals surface area contributed by atoms with Gasteiger partial charge in [-0.1, -0.05) is 17.7 Å². The third-order valence-corrected chi connectivity index (χ3v) is 5.51. The lowest BCUT2D eigenvalue weighted by Crippen LogP contribution is -2.02. The van der Waals surface area contributed by atoms with Gasteiger partial charge in [-0.15, -0.1) is 0 Å². The highest BCUT2D eigenvalue weighted by Gasteiger charge is 2.27. The SMILES string of the molecule is Cc1cc(C)cc(S(=O)(=O)c2c(O)[nH]c3ccc(Cl)cc23)c1. The molecule has 0 amide bonds. The highest BCUT2D eigenvalue weighted by Crippen LogP contribution is 2.37. The lowest BCUT2D eigenvalue weighted by molar-refractivity contribution is 0.443. The second kappa shape index (κ2) is 5.04. The molecule has 0 atom stereocenters. The van der Waals surface area contributed by atoms with Gasteiger partial charge in [-0.2, -0.15) is 0 Å². The van der Waals surface area contributed by atoms with E-state index in [1.807, 2.05) is 19.9 Å². The third kappa shape index (κ3) is 2.36. The largest absolute Gasteiger partial charge is 0.494 e. The first-order valence-electron chi connectivity index (χ1n) is 6.62. The first kappa shape index (κ1) is 14.9. The Morgan fingerprint density at radius 2 is 1.68 bits per heavy atom. The van der Waals surface area contributed by atoms with E-state index in [1.165, 1.54) is 6.07 Å². The van der Waals surface area contributed by atoms with Crippen molar-refractivity contribution >= 4 is 32.3 Å². The standard InChI is InChI=1S/C16H14ClNO3S/c1-9-5-10(2)7-12(6-9)22(20,21)15-13-8-11(17)3-4-14(13)18-16(15)19/h3-8,18-19H,1-2H3. The number of nitrogens with one attached hydrogen (secondary N) is 1. The fraction of sp³-hybridized carbons (Fsp3) is 0.125. The summed E-state index contributed by atoms with van der Waals surface area (Å²) in [6.45, 7) is 3.66. The second-order valence-corrected chi connectivity index (χ2v) is 7.64. The molecule has 4 nitrogen and oxygen atoms in total. The molecule has 2 aromatic carbocycles. The molecule has 6 heteroatoms. The highest BCUT2D eigenvalue weighted by molar-refractivity contribution is 7.91. The maximum Gasteiger partial charge on any atom is 0.212 e. The van der Waals surface area contributed by atoms with E-state index in [9.17, 15) is 13.5 Å². The molecule has 0 bridgehead atoms. The first-order valence-corrected chi connectivity index (χ1v) is 8.49. The topological polar surface area (TPSA) is 70.2 Å². The summed E-state index contributed by atoms with van der Waals surface area (Å²) in [7, 11) is -3.85. The summed E-state index contributed by atoms with van der Waals surface area (Å²) in [4.78, 5) is 2.69. The Morgan fingerprint density at radius 1 is 1.05 bits per heavy atom. The first-order chi connectivity index (χ1) is 10.3. The Labute approximate surface area is 133 Å². The number of halogens is 1. The third-order valence-electron chi connectivity index (χ3n) is 3.47. The van der Waals surface area contributed by atoms with Crippen LogP contribution in [0.1, 0.15) is 11.1 Å². The van der Waals surface area contributed by atoms with E-state index in [0.717, 1.165) is 11.1 Å². The Balaban J connectivity index is 2.34. The van der Waals surface area contributed by atoms with Gasteiger partial charge < -0.3 is 10.1 Å². The lowest BCUT2D eigenvalue weighted by atomic mass is 10.2. The van der Waals surface area contributed by atoms with E-state index in [0.29, 0.717) is 15.9 Å². The van der Waals surface area contributed by atoms with Crippen LogP contribution in [0.5, 0.6) is 5.88 Å². The van der Waals surface area contributed by atoms with Crippen molar-refractivity contribution in [1.82, 2.24) is 4.98 Å². The summed E-state index contributed by atoms with van der Waals surface area (Å²) >= 11 is 5.96. The Kier molecular flexibility index (Phi) is 3.42. The fourth-order valence-corrected chi connectivity index (χ4v) is 4.46. The zero-order chi connectivity index (χ0) is 16.1. The molecule has 0 aliphatic carbocycles. The molecule has 0 aliphatic heterocycles. The van der Waals surface area contributed by atoms with Crippen molar-refractivity contribution in [2.75, 3.05) is 0 Å². The predicted molar refractivity (Wildman–Crippen MR) is 86.3 cm³/mol. The average molecular weight is 336 g/mol. The molecule has 0 saturated heterocycles. The Hall–Kier alpha value is -1.98. The summed E-state index contributed by atoms with van der Waals surface area (Å²) in [5.41, 5.74) is 2.21. The van der Waals surface area contributed by atoms with Crippen molar-refractivity contribution in [3.05, 3.63) is 52.5 Å². The number of fused-ring (bicyclic) bond motifs is 1. The second-order valence-electron chi connectivity index (χ2n) is 5.32. The molecule has 0 aliphatic rings. The summed E-state index contributed by atoms with van der Waals surface area (Å²) in [5.74, 6) is -0.378. The van der Waals surface area contributed by atoms with Gasteiger partial charge in [0, 0.05) is 15.9 Å². The lowest BCUT2D eigenvalue weighted by Gasteiger charge is -2.07. The van der Waals surface area contributed by atoms with Gasteiger partial charge in [-0.25, -0.2) is 8.42 Å². The van der Waals surface area contributed by atoms with E-state index in [2.05, 4.69) is 4.98 Å². The average Bonchev–Trinajstić information content (AvgIpc) is 2.73. The van der Waals surface area contributed by atoms with Gasteiger partial charge in [-0.3, -0.25) is 0 Å². The summed E-state index contributed by atoms with van der Waals surface area (Å²) in [6, 6.07) is 9.87. The number of aryl methyl sites for hydroxylation is 2. The van der Waals surface area contributed by atoms with E-state index in [-0.39, 0.29) is 15.7 Å². The van der Waals surface area contributed by atoms with E-state index in [1.54, 1.807) is 24.3 Å². The molecule has 0 fully saturated rings. The van der Waals surface area contributed by atoms with E-state index < -0.39 is 9.84 Å². The minimum Gasteiger partial charge on any atom is -0.494 e. The summed E-state index contributed by atoms with van der Waals surface area (Å²) in [5, 5.41) is 10.9. The Morgan fingerprint density at radius 3 is 2.32 bits per heavy atom. The van der Waals surface area contributed by atoms with Crippen molar-refractivity contribution in [2.45, 2.75) is 23.6 Å². The fourth-order valence-electron chi connectivity index (χ4n) is 2.60. The predicted octanol–water partition coefficient (Wildman–Crippen LogP) is 3.98. The van der Waals surface area contributed by atoms with Crippen molar-refractivity contribution in [2.24, 2.45) is 0 Å². The molecule has 2 N–H and O–H groups in total. The van der Waals surface area contributed by atoms with Crippen LogP contribution in [0.15, 0.2) is 46.2 Å². The van der Waals surface area contributed by atoms with Crippen LogP contribution in [0.4, 0.5) is 0 Å². The van der Waals surface area contributed by atoms with Crippen LogP contribution in [0.2, 0.25) is 5.02 Å². The monoisotopic (exact) mass is 335 g/mol. The van der Waals surface area contributed by atoms with E-state index >= 15 is 0 Å². The van der Waals surface area contributed by atoms with Crippen LogP contribution in [-0.2, 0) is 9.84 Å². The number of aromatic hydroxyl groups is 1. The summed E-state index contributed by atoms with van der Waals surface area (Å²) in [6.07, 6.45) is 0. The smallest absolute Gasteiger partial charge is 0.212 e. The van der Waals surface area contributed by atoms with Crippen LogP contribution in [-0.4, -0.2) is 18.5 Å². The zero-order valence-electron chi connectivity index (χ0n) is 12.0. The van der Waals surface area contributed by atoms with Gasteiger partial charge in [0.1, 0.15) is 4.90 Å². The van der Waals surface area contributed by atoms with Gasteiger partial charge in [0.15, 0.2) is 0 Å². The van der Waals surface area contributed by atoms with Gasteiger partial charge in [0.05, 0.1) is 4.90 Å². The van der Waals surface area contributed by atoms with Crippen molar-refractivity contribution in [1.29, 1.82) is 0 Å². The van der Waals surface area contributed by atoms with Gasteiger partial charge in [0.2, 0.25) is 15.7 Å². The zero-order valence-corrected chi connectivity index (χ0v) is 13.6. The normalized spacial score (nSPS) is 12.0. The molecule has 22 heavy (non-hydrogen) atoms. The van der Waals surface area contributed by atoms with E-state index in [4.69, 9.17) is 11.6 Å². The Bertz CT molecular complexity index is 970. The van der Waals surface area contributed by atoms with Gasteiger partial charge in [-0.05, 0) is 55.3 Å². The molecule has 1 aromatic heterocycles. The minimum absolute atomic E-state index is 0.144. The number of benzene rings is 2. The molecule has 3 rings (SSSR count). The van der Waals surface area contributed by atoms with Crippen LogP contribution >= 0.6 is 11.6 Å². The van der Waals surface area contributed by atoms with Crippen molar-refractivity contribution in [3.63, 3.8) is 0 Å². The molecule has 3 aromatic rings. The summed E-state index contributed by atoms with van der Waals surface area (Å²) < 4.78 is 25.8. The van der Waals surface area contributed by atoms with Crippen LogP contribution < -0.4 is 0 Å². The number of rotatable bonds is 2. The number of aromatic amines is 1. The van der Waals surface area contributed by atoms with Crippen LogP contribution in [0.3, 0.4) is 0 Å². The van der Waals surface area contributed by atoms with Gasteiger partial charge in [0.25, 0.3) is 0 Å². The molecular weight excluding hydrogens is 322 g/mol. The number of hydrogen-bond donors (Lipinski definition) is 2. The van der Waals surface area contributed by atoms with Gasteiger partial charge >= 0.3 is 0 Å². The molecular formula is C16H14ClNO3S.